The quantitative estimate of drug-likeness (QED) is 0.330. The summed E-state index contributed by atoms with van der Waals surface area (Å²) in [4.78, 5) is 14.1. The van der Waals surface area contributed by atoms with Gasteiger partial charge in [-0.25, -0.2) is 0 Å². The fourth-order valence-electron chi connectivity index (χ4n) is 3.67. The maximum Gasteiger partial charge on any atom is 0.295 e. The van der Waals surface area contributed by atoms with Crippen LogP contribution in [0.2, 0.25) is 0 Å². The number of fused-ring (bicyclic) bond motifs is 2. The molecular formula is C22H24N2O5S. The minimum atomic E-state index is -0.938. The first-order valence-corrected chi connectivity index (χ1v) is 10.7. The zero-order valence-electron chi connectivity index (χ0n) is 17.2. The van der Waals surface area contributed by atoms with Crippen LogP contribution in [-0.2, 0) is 4.74 Å². The lowest BCUT2D eigenvalue weighted by molar-refractivity contribution is -0.385. The normalized spacial score (nSPS) is 19.0. The molecule has 0 fully saturated rings. The van der Waals surface area contributed by atoms with E-state index in [1.165, 1.54) is 19.2 Å². The van der Waals surface area contributed by atoms with Gasteiger partial charge in [0.2, 0.25) is 0 Å². The first-order chi connectivity index (χ1) is 14.5. The predicted molar refractivity (Wildman–Crippen MR) is 117 cm³/mol. The highest BCUT2D eigenvalue weighted by atomic mass is 32.2. The molecular weight excluding hydrogens is 404 g/mol. The van der Waals surface area contributed by atoms with Gasteiger partial charge in [0.15, 0.2) is 17.3 Å². The topological polar surface area (TPSA) is 74.1 Å². The molecule has 0 aromatic heterocycles. The van der Waals surface area contributed by atoms with Crippen molar-refractivity contribution in [3.8, 4) is 11.5 Å². The van der Waals surface area contributed by atoms with Gasteiger partial charge in [0.1, 0.15) is 0 Å². The largest absolute Gasteiger partial charge is 0.493 e. The van der Waals surface area contributed by atoms with E-state index < -0.39 is 9.98 Å². The zero-order chi connectivity index (χ0) is 21.3. The number of hydrogen-bond donors (Lipinski definition) is 0. The number of rotatable bonds is 7. The lowest BCUT2D eigenvalue weighted by Gasteiger charge is -2.40. The van der Waals surface area contributed by atoms with E-state index in [-0.39, 0.29) is 5.69 Å². The molecule has 158 valence electrons. The third-order valence-electron chi connectivity index (χ3n) is 5.26. The first-order valence-electron chi connectivity index (χ1n) is 9.92. The fraction of sp³-hybridized carbons (Fsp3) is 0.364. The molecule has 8 heteroatoms. The summed E-state index contributed by atoms with van der Waals surface area (Å²) in [6.45, 7) is 2.69. The van der Waals surface area contributed by atoms with Gasteiger partial charge in [-0.05, 0) is 36.4 Å². The van der Waals surface area contributed by atoms with E-state index in [2.05, 4.69) is 6.92 Å². The number of nitrogens with zero attached hydrogens (tertiary/aromatic N) is 2. The number of nitro benzene ring substituents is 1. The standard InChI is InChI=1S/C22H24N2O5S/c1-4-5-8-11-28-20-13-15-12-16(24(25)26)14-18(27-3)21(15)29-22(20)23(2)17-9-6-7-10-19(17)30-22/h6-7,9-10,12-14H,4-5,8,11H2,1-3H3. The number of anilines is 1. The van der Waals surface area contributed by atoms with Crippen molar-refractivity contribution in [3.05, 3.63) is 57.8 Å². The van der Waals surface area contributed by atoms with Crippen molar-refractivity contribution in [3.63, 3.8) is 0 Å². The maximum absolute atomic E-state index is 11.4. The lowest BCUT2D eigenvalue weighted by Crippen LogP contribution is -2.49. The molecule has 0 amide bonds. The number of hydrogen-bond acceptors (Lipinski definition) is 7. The van der Waals surface area contributed by atoms with Crippen molar-refractivity contribution >= 4 is 29.2 Å². The third kappa shape index (κ3) is 3.35. The molecule has 4 rings (SSSR count). The van der Waals surface area contributed by atoms with E-state index in [1.54, 1.807) is 11.8 Å². The Kier molecular flexibility index (Phi) is 5.51. The number of benzene rings is 2. The molecule has 2 heterocycles. The number of likely N-dealkylation sites (N-methyl/N-ethyl adjacent to an activating group) is 1. The van der Waals surface area contributed by atoms with E-state index in [9.17, 15) is 10.1 Å². The minimum Gasteiger partial charge on any atom is -0.493 e. The second-order valence-electron chi connectivity index (χ2n) is 7.20. The monoisotopic (exact) mass is 428 g/mol. The highest BCUT2D eigenvalue weighted by Gasteiger charge is 2.53. The molecule has 0 saturated carbocycles. The highest BCUT2D eigenvalue weighted by molar-refractivity contribution is 8.01. The summed E-state index contributed by atoms with van der Waals surface area (Å²) in [5, 5.41) is 10.4. The summed E-state index contributed by atoms with van der Waals surface area (Å²) in [6.07, 6.45) is 4.93. The lowest BCUT2D eigenvalue weighted by atomic mass is 10.1. The number of nitro groups is 1. The summed E-state index contributed by atoms with van der Waals surface area (Å²) < 4.78 is 18.2. The van der Waals surface area contributed by atoms with Crippen LogP contribution >= 0.6 is 11.8 Å². The van der Waals surface area contributed by atoms with E-state index in [0.717, 1.165) is 29.8 Å². The highest BCUT2D eigenvalue weighted by Crippen LogP contribution is 2.57. The number of ether oxygens (including phenoxy) is 3. The maximum atomic E-state index is 11.4. The Morgan fingerprint density at radius 1 is 1.27 bits per heavy atom. The third-order valence-corrected chi connectivity index (χ3v) is 6.66. The Labute approximate surface area is 179 Å². The van der Waals surface area contributed by atoms with Crippen LogP contribution in [0.1, 0.15) is 31.7 Å². The second-order valence-corrected chi connectivity index (χ2v) is 8.40. The SMILES string of the molecule is CCCCCOC1=Cc2cc([N+](=O)[O-])cc(OC)c2OC12Sc1ccccc1N2C. The molecule has 2 aromatic carbocycles. The molecule has 0 N–H and O–H groups in total. The smallest absolute Gasteiger partial charge is 0.295 e. The summed E-state index contributed by atoms with van der Waals surface area (Å²) in [5.74, 6) is 1.42. The molecule has 1 spiro atoms. The van der Waals surface area contributed by atoms with Crippen LogP contribution in [0.15, 0.2) is 47.1 Å². The van der Waals surface area contributed by atoms with Gasteiger partial charge in [-0.3, -0.25) is 10.1 Å². The van der Waals surface area contributed by atoms with Crippen LogP contribution in [0.5, 0.6) is 11.5 Å². The average molecular weight is 429 g/mol. The number of methoxy groups -OCH3 is 1. The second kappa shape index (κ2) is 8.10. The molecule has 2 aliphatic rings. The van der Waals surface area contributed by atoms with Gasteiger partial charge in [0, 0.05) is 23.6 Å². The summed E-state index contributed by atoms with van der Waals surface area (Å²) in [5.41, 5.74) is 1.56. The van der Waals surface area contributed by atoms with Crippen molar-refractivity contribution in [2.24, 2.45) is 0 Å². The summed E-state index contributed by atoms with van der Waals surface area (Å²) in [7, 11) is 3.45. The van der Waals surface area contributed by atoms with E-state index in [4.69, 9.17) is 14.2 Å². The molecule has 0 bridgehead atoms. The Morgan fingerprint density at radius 3 is 2.77 bits per heavy atom. The molecule has 7 nitrogen and oxygen atoms in total. The van der Waals surface area contributed by atoms with Crippen LogP contribution in [-0.4, -0.2) is 30.7 Å². The van der Waals surface area contributed by atoms with Crippen LogP contribution in [0.4, 0.5) is 11.4 Å². The Morgan fingerprint density at radius 2 is 2.07 bits per heavy atom. The number of non-ortho nitro benzene ring substituents is 1. The number of para-hydroxylation sites is 1. The van der Waals surface area contributed by atoms with Crippen molar-refractivity contribution in [2.45, 2.75) is 36.1 Å². The molecule has 2 aromatic rings. The van der Waals surface area contributed by atoms with Crippen LogP contribution in [0, 0.1) is 10.1 Å². The van der Waals surface area contributed by atoms with Crippen molar-refractivity contribution in [1.29, 1.82) is 0 Å². The van der Waals surface area contributed by atoms with Gasteiger partial charge in [-0.15, -0.1) is 0 Å². The van der Waals surface area contributed by atoms with Gasteiger partial charge in [-0.2, -0.15) is 0 Å². The summed E-state index contributed by atoms with van der Waals surface area (Å²) >= 11 is 1.55. The van der Waals surface area contributed by atoms with Crippen molar-refractivity contribution in [1.82, 2.24) is 0 Å². The van der Waals surface area contributed by atoms with E-state index >= 15 is 0 Å². The predicted octanol–water partition coefficient (Wildman–Crippen LogP) is 5.44. The van der Waals surface area contributed by atoms with Crippen LogP contribution in [0.3, 0.4) is 0 Å². The van der Waals surface area contributed by atoms with Crippen LogP contribution < -0.4 is 14.4 Å². The minimum absolute atomic E-state index is 0.0533. The van der Waals surface area contributed by atoms with E-state index in [0.29, 0.717) is 29.4 Å². The molecule has 0 aliphatic carbocycles. The van der Waals surface area contributed by atoms with Crippen LogP contribution in [0.25, 0.3) is 6.08 Å². The first kappa shape index (κ1) is 20.4. The van der Waals surface area contributed by atoms with Gasteiger partial charge in [-0.1, -0.05) is 31.9 Å². The Balaban J connectivity index is 1.80. The van der Waals surface area contributed by atoms with Gasteiger partial charge in [0.25, 0.3) is 10.7 Å². The Hall–Kier alpha value is -2.87. The number of unbranched alkanes of at least 4 members (excludes halogenated alkanes) is 2. The zero-order valence-corrected chi connectivity index (χ0v) is 18.0. The van der Waals surface area contributed by atoms with E-state index in [1.807, 2.05) is 42.3 Å². The Bertz CT molecular complexity index is 1010. The molecule has 1 atom stereocenters. The molecule has 2 aliphatic heterocycles. The van der Waals surface area contributed by atoms with Gasteiger partial charge >= 0.3 is 0 Å². The van der Waals surface area contributed by atoms with Gasteiger partial charge in [0.05, 0.1) is 30.4 Å². The molecule has 1 unspecified atom stereocenters. The average Bonchev–Trinajstić information content (AvgIpc) is 3.03. The fourth-order valence-corrected chi connectivity index (χ4v) is 5.00. The molecule has 30 heavy (non-hydrogen) atoms. The molecule has 0 saturated heterocycles. The summed E-state index contributed by atoms with van der Waals surface area (Å²) in [6, 6.07) is 10.9. The van der Waals surface area contributed by atoms with Crippen molar-refractivity contribution < 1.29 is 19.1 Å². The number of thioether (sulfide) groups is 1. The van der Waals surface area contributed by atoms with Gasteiger partial charge < -0.3 is 19.1 Å². The van der Waals surface area contributed by atoms with Crippen molar-refractivity contribution in [2.75, 3.05) is 25.7 Å². The molecule has 0 radical (unpaired) electrons.